The van der Waals surface area contributed by atoms with Crippen LogP contribution in [0.2, 0.25) is 0 Å². The number of rotatable bonds is 3. The number of aliphatic hydroxyl groups is 2. The number of fused-ring (bicyclic) bond motifs is 3. The van der Waals surface area contributed by atoms with E-state index in [9.17, 15) is 15.0 Å². The second-order valence-electron chi connectivity index (χ2n) is 10.6. The molecule has 2 N–H and O–H groups in total. The quantitative estimate of drug-likeness (QED) is 0.569. The molecule has 2 saturated carbocycles. The van der Waals surface area contributed by atoms with Gasteiger partial charge in [-0.25, -0.2) is 0 Å². The molecule has 0 spiro atoms. The first-order valence-electron chi connectivity index (χ1n) is 10.3. The van der Waals surface area contributed by atoms with Gasteiger partial charge >= 0.3 is 0 Å². The third kappa shape index (κ3) is 3.02. The third-order valence-corrected chi connectivity index (χ3v) is 7.51. The van der Waals surface area contributed by atoms with Crippen LogP contribution in [0.5, 0.6) is 0 Å². The molecule has 0 aromatic rings. The van der Waals surface area contributed by atoms with Gasteiger partial charge in [-0.3, -0.25) is 4.79 Å². The van der Waals surface area contributed by atoms with Gasteiger partial charge in [-0.1, -0.05) is 33.4 Å². The lowest BCUT2D eigenvalue weighted by molar-refractivity contribution is -0.255. The fraction of sp³-hybridized carbons (Fsp3) is 0.783. The van der Waals surface area contributed by atoms with E-state index in [1.54, 1.807) is 13.0 Å². The second-order valence-corrected chi connectivity index (χ2v) is 10.6. The highest BCUT2D eigenvalue weighted by molar-refractivity contribution is 5.94. The van der Waals surface area contributed by atoms with Crippen LogP contribution in [0.1, 0.15) is 61.3 Å². The molecule has 5 nitrogen and oxygen atoms in total. The number of ketones is 1. The average molecular weight is 393 g/mol. The van der Waals surface area contributed by atoms with Crippen LogP contribution >= 0.6 is 0 Å². The summed E-state index contributed by atoms with van der Waals surface area (Å²) in [5.41, 5.74) is -1.76. The van der Waals surface area contributed by atoms with Crippen LogP contribution in [0.25, 0.3) is 0 Å². The monoisotopic (exact) mass is 392 g/mol. The molecule has 0 radical (unpaired) electrons. The van der Waals surface area contributed by atoms with Gasteiger partial charge in [0.15, 0.2) is 11.6 Å². The Bertz CT molecular complexity index is 704. The molecule has 3 rings (SSSR count). The average Bonchev–Trinajstić information content (AvgIpc) is 2.86. The summed E-state index contributed by atoms with van der Waals surface area (Å²) in [6.45, 7) is 17.1. The van der Waals surface area contributed by atoms with E-state index in [0.717, 1.165) is 12.0 Å². The SMILES string of the molecule is C=C/C(C)=C/C(=O)[C@H]1[C@](C)(O)[C@H]2OC(C)(C)O[C@H]2[C@H]2C(C)(C)CC[C@H](O)[C@@]21C. The molecule has 1 saturated heterocycles. The number of allylic oxidation sites excluding steroid dienone is 3. The van der Waals surface area contributed by atoms with Gasteiger partial charge in [0, 0.05) is 11.3 Å². The molecule has 0 amide bonds. The van der Waals surface area contributed by atoms with Gasteiger partial charge in [0.2, 0.25) is 0 Å². The summed E-state index contributed by atoms with van der Waals surface area (Å²) >= 11 is 0. The summed E-state index contributed by atoms with van der Waals surface area (Å²) in [5.74, 6) is -2.00. The molecular formula is C23H36O5. The topological polar surface area (TPSA) is 76.0 Å². The lowest BCUT2D eigenvalue weighted by atomic mass is 9.42. The Balaban J connectivity index is 2.22. The summed E-state index contributed by atoms with van der Waals surface area (Å²) in [6.07, 6.45) is 2.82. The Morgan fingerprint density at radius 1 is 1.14 bits per heavy atom. The van der Waals surface area contributed by atoms with Crippen LogP contribution in [0.15, 0.2) is 24.3 Å². The van der Waals surface area contributed by atoms with E-state index in [0.29, 0.717) is 6.42 Å². The normalized spacial score (nSPS) is 47.2. The van der Waals surface area contributed by atoms with E-state index in [1.165, 1.54) is 6.08 Å². The summed E-state index contributed by atoms with van der Waals surface area (Å²) in [7, 11) is 0. The Labute approximate surface area is 168 Å². The van der Waals surface area contributed by atoms with Crippen LogP contribution < -0.4 is 0 Å². The van der Waals surface area contributed by atoms with Gasteiger partial charge in [0.1, 0.15) is 11.7 Å². The first-order chi connectivity index (χ1) is 12.7. The number of carbonyl (C=O) groups is 1. The summed E-state index contributed by atoms with van der Waals surface area (Å²) in [6, 6.07) is 0. The van der Waals surface area contributed by atoms with Crippen LogP contribution in [0, 0.1) is 22.7 Å². The van der Waals surface area contributed by atoms with Crippen LogP contribution in [0.4, 0.5) is 0 Å². The molecule has 2 aliphatic carbocycles. The Morgan fingerprint density at radius 3 is 2.32 bits per heavy atom. The first-order valence-corrected chi connectivity index (χ1v) is 10.3. The van der Waals surface area contributed by atoms with Crippen molar-refractivity contribution in [2.75, 3.05) is 0 Å². The van der Waals surface area contributed by atoms with Gasteiger partial charge in [-0.2, -0.15) is 0 Å². The third-order valence-electron chi connectivity index (χ3n) is 7.51. The molecule has 5 heteroatoms. The Hall–Kier alpha value is -1.01. The number of carbonyl (C=O) groups excluding carboxylic acids is 1. The number of hydrogen-bond acceptors (Lipinski definition) is 5. The maximum Gasteiger partial charge on any atom is 0.163 e. The highest BCUT2D eigenvalue weighted by Gasteiger charge is 2.73. The lowest BCUT2D eigenvalue weighted by Crippen LogP contribution is -2.73. The van der Waals surface area contributed by atoms with Crippen LogP contribution in [-0.4, -0.2) is 45.7 Å². The van der Waals surface area contributed by atoms with Crippen molar-refractivity contribution in [1.29, 1.82) is 0 Å². The van der Waals surface area contributed by atoms with E-state index in [-0.39, 0.29) is 17.1 Å². The van der Waals surface area contributed by atoms with Crippen molar-refractivity contribution in [2.45, 2.75) is 91.0 Å². The largest absolute Gasteiger partial charge is 0.393 e. The van der Waals surface area contributed by atoms with E-state index < -0.39 is 41.0 Å². The standard InChI is InChI=1S/C23H36O5/c1-9-13(2)12-14(24)17-22(7)15(25)10-11-20(3,4)18(22)16-19(23(17,8)26)28-21(5,6)27-16/h9,12,15-19,25-26H,1,10-11H2,2-8H3/b13-12+/t15-,16-,17+,18-,19-,22+,23-/m0/s1. The molecular weight excluding hydrogens is 356 g/mol. The number of aliphatic hydroxyl groups excluding tert-OH is 1. The molecule has 0 aromatic carbocycles. The fourth-order valence-corrected chi connectivity index (χ4v) is 6.43. The highest BCUT2D eigenvalue weighted by atomic mass is 16.8. The van der Waals surface area contributed by atoms with E-state index in [2.05, 4.69) is 20.4 Å². The highest BCUT2D eigenvalue weighted by Crippen LogP contribution is 2.65. The molecule has 1 aliphatic heterocycles. The van der Waals surface area contributed by atoms with Crippen molar-refractivity contribution in [2.24, 2.45) is 22.7 Å². The van der Waals surface area contributed by atoms with E-state index in [4.69, 9.17) is 9.47 Å². The second kappa shape index (κ2) is 6.49. The van der Waals surface area contributed by atoms with Gasteiger partial charge in [-0.05, 0) is 57.6 Å². The Kier molecular flexibility index (Phi) is 5.03. The minimum absolute atomic E-state index is 0.137. The van der Waals surface area contributed by atoms with Crippen molar-refractivity contribution in [3.05, 3.63) is 24.3 Å². The number of hydrogen-bond donors (Lipinski definition) is 2. The smallest absolute Gasteiger partial charge is 0.163 e. The van der Waals surface area contributed by atoms with Gasteiger partial charge in [0.25, 0.3) is 0 Å². The molecule has 3 aliphatic rings. The van der Waals surface area contributed by atoms with E-state index in [1.807, 2.05) is 27.7 Å². The summed E-state index contributed by atoms with van der Waals surface area (Å²) < 4.78 is 12.5. The summed E-state index contributed by atoms with van der Waals surface area (Å²) in [5, 5.41) is 22.9. The van der Waals surface area contributed by atoms with E-state index >= 15 is 0 Å². The summed E-state index contributed by atoms with van der Waals surface area (Å²) in [4.78, 5) is 13.5. The van der Waals surface area contributed by atoms with Crippen LogP contribution in [0.3, 0.4) is 0 Å². The number of ether oxygens (including phenoxy) is 2. The van der Waals surface area contributed by atoms with Gasteiger partial charge in [0.05, 0.1) is 18.1 Å². The predicted octanol–water partition coefficient (Wildman–Crippen LogP) is 3.39. The molecule has 0 bridgehead atoms. The zero-order valence-corrected chi connectivity index (χ0v) is 18.3. The lowest BCUT2D eigenvalue weighted by Gasteiger charge is -2.64. The minimum atomic E-state index is -1.48. The fourth-order valence-electron chi connectivity index (χ4n) is 6.43. The zero-order valence-electron chi connectivity index (χ0n) is 18.3. The first kappa shape index (κ1) is 21.7. The van der Waals surface area contributed by atoms with Gasteiger partial charge in [-0.15, -0.1) is 0 Å². The maximum atomic E-state index is 13.5. The van der Waals surface area contributed by atoms with Crippen molar-refractivity contribution < 1.29 is 24.5 Å². The molecule has 3 fully saturated rings. The minimum Gasteiger partial charge on any atom is -0.393 e. The molecule has 7 atom stereocenters. The molecule has 28 heavy (non-hydrogen) atoms. The molecule has 158 valence electrons. The molecule has 0 unspecified atom stereocenters. The Morgan fingerprint density at radius 2 is 1.75 bits per heavy atom. The van der Waals surface area contributed by atoms with Crippen molar-refractivity contribution in [3.63, 3.8) is 0 Å². The van der Waals surface area contributed by atoms with Crippen molar-refractivity contribution in [3.8, 4) is 0 Å². The predicted molar refractivity (Wildman–Crippen MR) is 108 cm³/mol. The van der Waals surface area contributed by atoms with Crippen LogP contribution in [-0.2, 0) is 14.3 Å². The zero-order chi connectivity index (χ0) is 21.3. The van der Waals surface area contributed by atoms with Crippen molar-refractivity contribution in [1.82, 2.24) is 0 Å². The molecule has 1 heterocycles. The maximum absolute atomic E-state index is 13.5. The van der Waals surface area contributed by atoms with Crippen molar-refractivity contribution >= 4 is 5.78 Å². The van der Waals surface area contributed by atoms with Gasteiger partial charge < -0.3 is 19.7 Å². The molecule has 0 aromatic heterocycles.